The maximum absolute atomic E-state index is 11.1. The van der Waals surface area contributed by atoms with Gasteiger partial charge in [-0.3, -0.25) is 4.79 Å². The molecule has 0 spiro atoms. The van der Waals surface area contributed by atoms with Crippen molar-refractivity contribution in [3.8, 4) is 0 Å². The van der Waals surface area contributed by atoms with E-state index in [1.807, 2.05) is 0 Å². The Balaban J connectivity index is 2.60. The van der Waals surface area contributed by atoms with E-state index in [-0.39, 0.29) is 11.1 Å². The highest BCUT2D eigenvalue weighted by Gasteiger charge is 2.15. The molecular formula is C9H4O5S. The molecule has 76 valence electrons. The highest BCUT2D eigenvalue weighted by Crippen LogP contribution is 2.18. The monoisotopic (exact) mass is 224 g/mol. The molecule has 0 fully saturated rings. The van der Waals surface area contributed by atoms with Crippen LogP contribution in [0.4, 0.5) is 0 Å². The quantitative estimate of drug-likeness (QED) is 0.610. The van der Waals surface area contributed by atoms with Gasteiger partial charge in [-0.2, -0.15) is 0 Å². The third kappa shape index (κ3) is 1.66. The normalized spacial score (nSPS) is 10.4. The van der Waals surface area contributed by atoms with Crippen LogP contribution in [-0.2, 0) is 4.79 Å². The zero-order valence-corrected chi connectivity index (χ0v) is 8.04. The van der Waals surface area contributed by atoms with Crippen molar-refractivity contribution in [2.45, 2.75) is 0 Å². The fourth-order valence-electron chi connectivity index (χ4n) is 1.14. The molecule has 5 nitrogen and oxygen atoms in total. The molecule has 1 aromatic carbocycles. The van der Waals surface area contributed by atoms with Crippen LogP contribution in [0.15, 0.2) is 27.4 Å². The summed E-state index contributed by atoms with van der Waals surface area (Å²) in [5.41, 5.74) is 0.230. The summed E-state index contributed by atoms with van der Waals surface area (Å²) in [4.78, 5) is 31.9. The first-order valence-corrected chi connectivity index (χ1v) is 4.71. The Morgan fingerprint density at radius 1 is 1.33 bits per heavy atom. The number of ketones is 1. The van der Waals surface area contributed by atoms with E-state index in [0.29, 0.717) is 4.70 Å². The standard InChI is InChI=1S/C9H4O5S/c10-7(8(11)12)4-1-2-6-5(3-4)14-9(13)15-6/h1-3H,(H,11,12). The number of hydrogen-bond acceptors (Lipinski definition) is 5. The number of carboxylic acid groups (broad SMARTS) is 1. The van der Waals surface area contributed by atoms with Gasteiger partial charge in [0.15, 0.2) is 0 Å². The number of fused-ring (bicyclic) bond motifs is 1. The van der Waals surface area contributed by atoms with Crippen molar-refractivity contribution >= 4 is 33.4 Å². The summed E-state index contributed by atoms with van der Waals surface area (Å²) in [5.74, 6) is -2.56. The first-order valence-electron chi connectivity index (χ1n) is 3.89. The van der Waals surface area contributed by atoms with Crippen molar-refractivity contribution in [2.75, 3.05) is 0 Å². The van der Waals surface area contributed by atoms with Crippen LogP contribution in [0.2, 0.25) is 0 Å². The number of aliphatic carboxylic acids is 1. The summed E-state index contributed by atoms with van der Waals surface area (Å²) in [6.45, 7) is 0. The summed E-state index contributed by atoms with van der Waals surface area (Å²) in [5, 5.41) is 8.47. The maximum atomic E-state index is 11.1. The van der Waals surface area contributed by atoms with Crippen molar-refractivity contribution in [1.29, 1.82) is 0 Å². The van der Waals surface area contributed by atoms with Crippen molar-refractivity contribution in [2.24, 2.45) is 0 Å². The summed E-state index contributed by atoms with van der Waals surface area (Å²) in [7, 11) is 0. The van der Waals surface area contributed by atoms with Crippen molar-refractivity contribution in [3.63, 3.8) is 0 Å². The number of rotatable bonds is 2. The van der Waals surface area contributed by atoms with Crippen LogP contribution in [-0.4, -0.2) is 16.9 Å². The molecule has 0 atom stereocenters. The zero-order chi connectivity index (χ0) is 11.0. The van der Waals surface area contributed by atoms with Crippen LogP contribution >= 0.6 is 11.3 Å². The summed E-state index contributed by atoms with van der Waals surface area (Å²) in [6.07, 6.45) is 0. The van der Waals surface area contributed by atoms with E-state index in [0.717, 1.165) is 11.3 Å². The molecule has 15 heavy (non-hydrogen) atoms. The molecule has 0 aliphatic heterocycles. The Hall–Kier alpha value is -1.95. The lowest BCUT2D eigenvalue weighted by molar-refractivity contribution is -0.131. The molecule has 6 heteroatoms. The Bertz CT molecular complexity index is 606. The third-order valence-electron chi connectivity index (χ3n) is 1.79. The molecular weight excluding hydrogens is 220 g/mol. The van der Waals surface area contributed by atoms with E-state index in [1.165, 1.54) is 18.2 Å². The van der Waals surface area contributed by atoms with Gasteiger partial charge < -0.3 is 9.52 Å². The van der Waals surface area contributed by atoms with E-state index in [1.54, 1.807) is 0 Å². The lowest BCUT2D eigenvalue weighted by Crippen LogP contribution is -2.12. The number of carbonyl (C=O) groups excluding carboxylic acids is 1. The van der Waals surface area contributed by atoms with E-state index >= 15 is 0 Å². The molecule has 1 heterocycles. The highest BCUT2D eigenvalue weighted by molar-refractivity contribution is 7.16. The van der Waals surface area contributed by atoms with Gasteiger partial charge >= 0.3 is 10.9 Å². The molecule has 1 aromatic heterocycles. The maximum Gasteiger partial charge on any atom is 0.396 e. The number of Topliss-reactive ketones (excluding diaryl/α,β-unsaturated/α-hetero) is 1. The molecule has 2 aromatic rings. The zero-order valence-electron chi connectivity index (χ0n) is 7.22. The molecule has 0 aliphatic rings. The van der Waals surface area contributed by atoms with Gasteiger partial charge in [0.1, 0.15) is 5.58 Å². The second kappa shape index (κ2) is 3.32. The van der Waals surface area contributed by atoms with Crippen LogP contribution in [0, 0.1) is 0 Å². The van der Waals surface area contributed by atoms with Crippen molar-refractivity contribution < 1.29 is 19.1 Å². The Morgan fingerprint density at radius 2 is 2.07 bits per heavy atom. The SMILES string of the molecule is O=C(O)C(=O)c1ccc2sc(=O)oc2c1. The van der Waals surface area contributed by atoms with Gasteiger partial charge in [-0.1, -0.05) is 11.3 Å². The van der Waals surface area contributed by atoms with E-state index in [9.17, 15) is 14.4 Å². The first kappa shape index (κ1) is 9.60. The lowest BCUT2D eigenvalue weighted by Gasteiger charge is -1.93. The highest BCUT2D eigenvalue weighted by atomic mass is 32.1. The van der Waals surface area contributed by atoms with Crippen molar-refractivity contribution in [3.05, 3.63) is 33.5 Å². The lowest BCUT2D eigenvalue weighted by atomic mass is 10.1. The van der Waals surface area contributed by atoms with Gasteiger partial charge in [0.2, 0.25) is 0 Å². The molecule has 0 radical (unpaired) electrons. The van der Waals surface area contributed by atoms with Crippen LogP contribution in [0.25, 0.3) is 10.3 Å². The van der Waals surface area contributed by atoms with Gasteiger partial charge in [0, 0.05) is 5.56 Å². The van der Waals surface area contributed by atoms with Gasteiger partial charge in [-0.25, -0.2) is 9.59 Å². The average Bonchev–Trinajstić information content (AvgIpc) is 2.55. The van der Waals surface area contributed by atoms with E-state index in [4.69, 9.17) is 9.52 Å². The molecule has 0 aliphatic carbocycles. The summed E-state index contributed by atoms with van der Waals surface area (Å²) in [6, 6.07) is 4.09. The second-order valence-electron chi connectivity index (χ2n) is 2.75. The average molecular weight is 224 g/mol. The minimum Gasteiger partial charge on any atom is -0.475 e. The van der Waals surface area contributed by atoms with Crippen LogP contribution in [0.1, 0.15) is 10.4 Å². The van der Waals surface area contributed by atoms with Crippen LogP contribution in [0.3, 0.4) is 0 Å². The second-order valence-corrected chi connectivity index (χ2v) is 3.73. The molecule has 1 N–H and O–H groups in total. The van der Waals surface area contributed by atoms with E-state index in [2.05, 4.69) is 0 Å². The Labute approximate surface area is 86.6 Å². The molecule has 2 rings (SSSR count). The fraction of sp³-hybridized carbons (Fsp3) is 0. The largest absolute Gasteiger partial charge is 0.475 e. The van der Waals surface area contributed by atoms with Crippen LogP contribution < -0.4 is 4.94 Å². The minimum atomic E-state index is -1.54. The predicted molar refractivity (Wildman–Crippen MR) is 52.3 cm³/mol. The fourth-order valence-corrected chi connectivity index (χ4v) is 1.79. The third-order valence-corrected chi connectivity index (χ3v) is 2.59. The minimum absolute atomic E-state index is 0.00319. The number of benzene rings is 1. The smallest absolute Gasteiger partial charge is 0.396 e. The molecule has 0 saturated heterocycles. The Kier molecular flexibility index (Phi) is 2.12. The number of carbonyl (C=O) groups is 2. The number of hydrogen-bond donors (Lipinski definition) is 1. The van der Waals surface area contributed by atoms with Crippen LogP contribution in [0.5, 0.6) is 0 Å². The van der Waals surface area contributed by atoms with Gasteiger partial charge in [0.25, 0.3) is 5.78 Å². The van der Waals surface area contributed by atoms with Gasteiger partial charge in [-0.15, -0.1) is 0 Å². The van der Waals surface area contributed by atoms with Crippen molar-refractivity contribution in [1.82, 2.24) is 0 Å². The van der Waals surface area contributed by atoms with Gasteiger partial charge in [-0.05, 0) is 18.2 Å². The van der Waals surface area contributed by atoms with Gasteiger partial charge in [0.05, 0.1) is 4.70 Å². The number of carboxylic acids is 1. The van der Waals surface area contributed by atoms with E-state index < -0.39 is 16.7 Å². The first-order chi connectivity index (χ1) is 7.08. The topological polar surface area (TPSA) is 84.6 Å². The molecule has 0 bridgehead atoms. The summed E-state index contributed by atoms with van der Waals surface area (Å²) >= 11 is 0.900. The molecule has 0 unspecified atom stereocenters. The predicted octanol–water partition coefficient (Wildman–Crippen LogP) is 1.12. The Morgan fingerprint density at radius 3 is 2.73 bits per heavy atom. The molecule has 0 saturated carbocycles. The summed E-state index contributed by atoms with van der Waals surface area (Å²) < 4.78 is 5.34. The molecule has 0 amide bonds.